The summed E-state index contributed by atoms with van der Waals surface area (Å²) in [5.74, 6) is 0.522. The lowest BCUT2D eigenvalue weighted by atomic mass is 9.98. The van der Waals surface area contributed by atoms with Gasteiger partial charge >= 0.3 is 0 Å². The number of para-hydroxylation sites is 1. The third-order valence-corrected chi connectivity index (χ3v) is 5.15. The highest BCUT2D eigenvalue weighted by molar-refractivity contribution is 5.94. The van der Waals surface area contributed by atoms with Crippen LogP contribution < -0.4 is 0 Å². The monoisotopic (exact) mass is 361 g/mol. The van der Waals surface area contributed by atoms with Gasteiger partial charge in [-0.15, -0.1) is 0 Å². The van der Waals surface area contributed by atoms with Crippen LogP contribution in [0, 0.1) is 5.92 Å². The van der Waals surface area contributed by atoms with Crippen LogP contribution in [0.4, 0.5) is 0 Å². The minimum atomic E-state index is 0.0512. The Morgan fingerprint density at radius 2 is 1.81 bits per heavy atom. The molecule has 0 spiro atoms. The van der Waals surface area contributed by atoms with Crippen LogP contribution in [-0.4, -0.2) is 38.8 Å². The van der Waals surface area contributed by atoms with Crippen molar-refractivity contribution in [1.29, 1.82) is 0 Å². The van der Waals surface area contributed by atoms with Gasteiger partial charge in [0.15, 0.2) is 0 Å². The first kappa shape index (κ1) is 17.5. The number of hydrogen-bond donors (Lipinski definition) is 1. The van der Waals surface area contributed by atoms with Crippen LogP contribution in [0.1, 0.15) is 27.9 Å². The van der Waals surface area contributed by atoms with Crippen LogP contribution in [0.25, 0.3) is 5.69 Å². The van der Waals surface area contributed by atoms with Gasteiger partial charge in [-0.3, -0.25) is 4.79 Å². The number of nitrogens with zero attached hydrogens (tertiary/aromatic N) is 3. The SMILES string of the molecule is O=C(c1cnn(-c2ccccc2)c1)N1CC[C@H](Cc2ccc(CO)cc2)C1. The number of aromatic nitrogens is 2. The quantitative estimate of drug-likeness (QED) is 0.760. The maximum Gasteiger partial charge on any atom is 0.257 e. The van der Waals surface area contributed by atoms with Crippen LogP contribution in [0.5, 0.6) is 0 Å². The van der Waals surface area contributed by atoms with Gasteiger partial charge in [0.1, 0.15) is 0 Å². The van der Waals surface area contributed by atoms with Crippen molar-refractivity contribution in [2.24, 2.45) is 5.92 Å². The molecule has 0 saturated carbocycles. The molecule has 1 aliphatic heterocycles. The lowest BCUT2D eigenvalue weighted by Gasteiger charge is -2.15. The third kappa shape index (κ3) is 3.93. The average Bonchev–Trinajstić information content (AvgIpc) is 3.39. The van der Waals surface area contributed by atoms with Gasteiger partial charge in [-0.05, 0) is 42.0 Å². The number of benzene rings is 2. The molecule has 1 amide bonds. The normalized spacial score (nSPS) is 16.6. The fourth-order valence-corrected chi connectivity index (χ4v) is 3.64. The maximum atomic E-state index is 12.8. The lowest BCUT2D eigenvalue weighted by molar-refractivity contribution is 0.0787. The van der Waals surface area contributed by atoms with Gasteiger partial charge in [0.2, 0.25) is 0 Å². The number of likely N-dealkylation sites (tertiary alicyclic amines) is 1. The van der Waals surface area contributed by atoms with Gasteiger partial charge in [-0.2, -0.15) is 5.10 Å². The Balaban J connectivity index is 1.38. The number of aliphatic hydroxyl groups excluding tert-OH is 1. The number of amides is 1. The molecule has 1 N–H and O–H groups in total. The first-order chi connectivity index (χ1) is 13.2. The molecule has 5 heteroatoms. The van der Waals surface area contributed by atoms with Crippen molar-refractivity contribution in [1.82, 2.24) is 14.7 Å². The molecule has 1 aliphatic rings. The van der Waals surface area contributed by atoms with Gasteiger partial charge in [0.05, 0.1) is 24.1 Å². The molecule has 3 aromatic rings. The Morgan fingerprint density at radius 1 is 1.07 bits per heavy atom. The molecular formula is C22H23N3O2. The van der Waals surface area contributed by atoms with Crippen LogP contribution in [0.3, 0.4) is 0 Å². The lowest BCUT2D eigenvalue weighted by Crippen LogP contribution is -2.28. The second kappa shape index (κ2) is 7.76. The first-order valence-electron chi connectivity index (χ1n) is 9.31. The summed E-state index contributed by atoms with van der Waals surface area (Å²) in [5.41, 5.74) is 3.76. The van der Waals surface area contributed by atoms with Gasteiger partial charge in [-0.25, -0.2) is 4.68 Å². The molecule has 2 aromatic carbocycles. The van der Waals surface area contributed by atoms with Gasteiger partial charge in [0, 0.05) is 19.3 Å². The van der Waals surface area contributed by atoms with E-state index in [1.54, 1.807) is 17.1 Å². The summed E-state index contributed by atoms with van der Waals surface area (Å²) in [6.45, 7) is 1.63. The third-order valence-electron chi connectivity index (χ3n) is 5.15. The predicted molar refractivity (Wildman–Crippen MR) is 104 cm³/mol. The molecule has 2 heterocycles. The smallest absolute Gasteiger partial charge is 0.257 e. The molecule has 4 rings (SSSR count). The van der Waals surface area contributed by atoms with E-state index in [0.717, 1.165) is 37.2 Å². The highest BCUT2D eigenvalue weighted by Gasteiger charge is 2.27. The minimum Gasteiger partial charge on any atom is -0.392 e. The van der Waals surface area contributed by atoms with E-state index in [0.29, 0.717) is 11.5 Å². The molecule has 0 bridgehead atoms. The summed E-state index contributed by atoms with van der Waals surface area (Å²) in [5, 5.41) is 13.5. The van der Waals surface area contributed by atoms with Gasteiger partial charge < -0.3 is 10.0 Å². The topological polar surface area (TPSA) is 58.4 Å². The summed E-state index contributed by atoms with van der Waals surface area (Å²) in [4.78, 5) is 14.7. The highest BCUT2D eigenvalue weighted by Crippen LogP contribution is 2.23. The van der Waals surface area contributed by atoms with E-state index in [1.165, 1.54) is 5.56 Å². The molecule has 0 radical (unpaired) electrons. The molecule has 0 unspecified atom stereocenters. The van der Waals surface area contributed by atoms with Gasteiger partial charge in [-0.1, -0.05) is 42.5 Å². The maximum absolute atomic E-state index is 12.8. The van der Waals surface area contributed by atoms with Crippen molar-refractivity contribution in [2.75, 3.05) is 13.1 Å². The Labute approximate surface area is 158 Å². The van der Waals surface area contributed by atoms with Crippen molar-refractivity contribution >= 4 is 5.91 Å². The standard InChI is InChI=1S/C22H23N3O2/c26-16-18-8-6-17(7-9-18)12-19-10-11-24(14-19)22(27)20-13-23-25(15-20)21-4-2-1-3-5-21/h1-9,13,15,19,26H,10-12,14,16H2/t19-/m1/s1. The summed E-state index contributed by atoms with van der Waals surface area (Å²) in [7, 11) is 0. The first-order valence-corrected chi connectivity index (χ1v) is 9.31. The van der Waals surface area contributed by atoms with E-state index >= 15 is 0 Å². The van der Waals surface area contributed by atoms with Crippen molar-refractivity contribution < 1.29 is 9.90 Å². The zero-order valence-corrected chi connectivity index (χ0v) is 15.2. The second-order valence-corrected chi connectivity index (χ2v) is 7.09. The molecule has 138 valence electrons. The van der Waals surface area contributed by atoms with Crippen molar-refractivity contribution in [3.8, 4) is 5.69 Å². The fourth-order valence-electron chi connectivity index (χ4n) is 3.64. The van der Waals surface area contributed by atoms with E-state index in [4.69, 9.17) is 5.11 Å². The largest absolute Gasteiger partial charge is 0.392 e. The molecule has 1 fully saturated rings. The number of carbonyl (C=O) groups is 1. The zero-order valence-electron chi connectivity index (χ0n) is 15.2. The van der Waals surface area contributed by atoms with Crippen LogP contribution in [0.2, 0.25) is 0 Å². The molecule has 1 atom stereocenters. The molecule has 5 nitrogen and oxygen atoms in total. The summed E-state index contributed by atoms with van der Waals surface area (Å²) >= 11 is 0. The predicted octanol–water partition coefficient (Wildman–Crippen LogP) is 3.07. The average molecular weight is 361 g/mol. The molecule has 27 heavy (non-hydrogen) atoms. The van der Waals surface area contributed by atoms with Crippen molar-refractivity contribution in [2.45, 2.75) is 19.4 Å². The Morgan fingerprint density at radius 3 is 2.56 bits per heavy atom. The van der Waals surface area contributed by atoms with E-state index < -0.39 is 0 Å². The Hall–Kier alpha value is -2.92. The van der Waals surface area contributed by atoms with E-state index in [-0.39, 0.29) is 12.5 Å². The van der Waals surface area contributed by atoms with E-state index in [1.807, 2.05) is 47.4 Å². The Kier molecular flexibility index (Phi) is 5.03. The summed E-state index contributed by atoms with van der Waals surface area (Å²) in [6.07, 6.45) is 5.42. The number of aliphatic hydroxyl groups is 1. The Bertz CT molecular complexity index is 903. The van der Waals surface area contributed by atoms with Gasteiger partial charge in [0.25, 0.3) is 5.91 Å². The van der Waals surface area contributed by atoms with Crippen molar-refractivity contribution in [3.05, 3.63) is 83.7 Å². The molecule has 0 aliphatic carbocycles. The summed E-state index contributed by atoms with van der Waals surface area (Å²) < 4.78 is 1.74. The molecule has 1 aromatic heterocycles. The second-order valence-electron chi connectivity index (χ2n) is 7.09. The summed E-state index contributed by atoms with van der Waals surface area (Å²) in [6, 6.07) is 17.9. The van der Waals surface area contributed by atoms with E-state index in [9.17, 15) is 4.79 Å². The number of hydrogen-bond acceptors (Lipinski definition) is 3. The highest BCUT2D eigenvalue weighted by atomic mass is 16.3. The van der Waals surface area contributed by atoms with Crippen LogP contribution >= 0.6 is 0 Å². The number of carbonyl (C=O) groups excluding carboxylic acids is 1. The molecule has 1 saturated heterocycles. The minimum absolute atomic E-state index is 0.0512. The van der Waals surface area contributed by atoms with Crippen molar-refractivity contribution in [3.63, 3.8) is 0 Å². The molecular weight excluding hydrogens is 338 g/mol. The van der Waals surface area contributed by atoms with Crippen LogP contribution in [0.15, 0.2) is 67.0 Å². The van der Waals surface area contributed by atoms with Crippen LogP contribution in [-0.2, 0) is 13.0 Å². The zero-order chi connectivity index (χ0) is 18.6. The fraction of sp³-hybridized carbons (Fsp3) is 0.273. The van der Waals surface area contributed by atoms with E-state index in [2.05, 4.69) is 17.2 Å². The number of rotatable bonds is 5.